The molecule has 0 radical (unpaired) electrons. The Balaban J connectivity index is 0.00000112. The third-order valence-corrected chi connectivity index (χ3v) is 3.49. The van der Waals surface area contributed by atoms with E-state index in [1.165, 1.54) is 11.3 Å². The van der Waals surface area contributed by atoms with Gasteiger partial charge < -0.3 is 10.2 Å². The molecule has 3 nitrogen and oxygen atoms in total. The van der Waals surface area contributed by atoms with Crippen LogP contribution in [0, 0.1) is 0 Å². The van der Waals surface area contributed by atoms with E-state index in [0.29, 0.717) is 6.04 Å². The van der Waals surface area contributed by atoms with Crippen molar-refractivity contribution in [1.82, 2.24) is 10.2 Å². The molecule has 1 unspecified atom stereocenters. The zero-order chi connectivity index (χ0) is 9.97. The van der Waals surface area contributed by atoms with E-state index in [1.54, 1.807) is 0 Å². The highest BCUT2D eigenvalue weighted by Crippen LogP contribution is 2.15. The molecule has 2 rings (SSSR count). The van der Waals surface area contributed by atoms with Crippen LogP contribution in [0.2, 0.25) is 0 Å². The van der Waals surface area contributed by atoms with Crippen LogP contribution in [0.4, 0.5) is 0 Å². The van der Waals surface area contributed by atoms with Crippen LogP contribution >= 0.6 is 23.7 Å². The number of carbonyl (C=O) groups excluding carboxylic acids is 1. The Labute approximate surface area is 99.9 Å². The van der Waals surface area contributed by atoms with E-state index in [-0.39, 0.29) is 18.3 Å². The summed E-state index contributed by atoms with van der Waals surface area (Å²) in [6.07, 6.45) is 1.06. The van der Waals surface area contributed by atoms with Gasteiger partial charge in [0.2, 0.25) is 0 Å². The Morgan fingerprint density at radius 2 is 2.47 bits per heavy atom. The Hall–Kier alpha value is -0.580. The summed E-state index contributed by atoms with van der Waals surface area (Å²) in [7, 11) is 1.89. The molecule has 1 aromatic rings. The van der Waals surface area contributed by atoms with Crippen LogP contribution in [0.25, 0.3) is 0 Å². The summed E-state index contributed by atoms with van der Waals surface area (Å²) in [5, 5.41) is 5.20. The van der Waals surface area contributed by atoms with Crippen molar-refractivity contribution >= 4 is 29.7 Å². The number of halogens is 1. The first-order chi connectivity index (χ1) is 6.79. The second-order valence-electron chi connectivity index (χ2n) is 3.54. The van der Waals surface area contributed by atoms with Crippen molar-refractivity contribution in [3.63, 3.8) is 0 Å². The van der Waals surface area contributed by atoms with Crippen LogP contribution in [0.3, 0.4) is 0 Å². The van der Waals surface area contributed by atoms with E-state index in [1.807, 2.05) is 29.5 Å². The molecule has 0 aromatic carbocycles. The number of hydrogen-bond acceptors (Lipinski definition) is 3. The molecule has 84 valence electrons. The molecule has 0 bridgehead atoms. The van der Waals surface area contributed by atoms with Crippen molar-refractivity contribution in [2.75, 3.05) is 20.1 Å². The van der Waals surface area contributed by atoms with Gasteiger partial charge in [-0.25, -0.2) is 0 Å². The summed E-state index contributed by atoms with van der Waals surface area (Å²) >= 11 is 1.51. The van der Waals surface area contributed by atoms with Crippen molar-refractivity contribution in [3.05, 3.63) is 22.4 Å². The second-order valence-corrected chi connectivity index (χ2v) is 4.49. The first-order valence-electron chi connectivity index (χ1n) is 4.80. The topological polar surface area (TPSA) is 32.3 Å². The van der Waals surface area contributed by atoms with Crippen LogP contribution in [-0.2, 0) is 0 Å². The zero-order valence-corrected chi connectivity index (χ0v) is 10.2. The largest absolute Gasteiger partial charge is 0.337 e. The average Bonchev–Trinajstić information content (AvgIpc) is 2.87. The van der Waals surface area contributed by atoms with Crippen molar-refractivity contribution in [3.8, 4) is 0 Å². The molecule has 1 saturated heterocycles. The van der Waals surface area contributed by atoms with Gasteiger partial charge in [-0.05, 0) is 24.4 Å². The highest BCUT2D eigenvalue weighted by Gasteiger charge is 2.24. The molecule has 1 atom stereocenters. The molecule has 0 spiro atoms. The molecule has 1 aliphatic heterocycles. The molecule has 5 heteroatoms. The zero-order valence-electron chi connectivity index (χ0n) is 8.60. The van der Waals surface area contributed by atoms with Crippen molar-refractivity contribution in [2.24, 2.45) is 0 Å². The normalized spacial score (nSPS) is 19.7. The van der Waals surface area contributed by atoms with Gasteiger partial charge in [0.1, 0.15) is 0 Å². The monoisotopic (exact) mass is 246 g/mol. The minimum atomic E-state index is 0. The number of hydrogen-bond donors (Lipinski definition) is 1. The second kappa shape index (κ2) is 5.49. The van der Waals surface area contributed by atoms with Gasteiger partial charge in [0.25, 0.3) is 5.91 Å². The minimum absolute atomic E-state index is 0. The maximum Gasteiger partial charge on any atom is 0.263 e. The van der Waals surface area contributed by atoms with Gasteiger partial charge >= 0.3 is 0 Å². The van der Waals surface area contributed by atoms with Crippen molar-refractivity contribution < 1.29 is 4.79 Å². The molecule has 1 aliphatic rings. The predicted octanol–water partition coefficient (Wildman–Crippen LogP) is 1.60. The molecule has 1 amide bonds. The Morgan fingerprint density at radius 3 is 3.00 bits per heavy atom. The van der Waals surface area contributed by atoms with Gasteiger partial charge in [0.15, 0.2) is 0 Å². The highest BCUT2D eigenvalue weighted by atomic mass is 35.5. The summed E-state index contributed by atoms with van der Waals surface area (Å²) in [5.41, 5.74) is 0. The molecule has 1 aromatic heterocycles. The van der Waals surface area contributed by atoms with E-state index in [4.69, 9.17) is 0 Å². The third-order valence-electron chi connectivity index (χ3n) is 2.63. The van der Waals surface area contributed by atoms with Crippen LogP contribution < -0.4 is 5.32 Å². The lowest BCUT2D eigenvalue weighted by atomic mass is 10.2. The highest BCUT2D eigenvalue weighted by molar-refractivity contribution is 7.12. The fourth-order valence-electron chi connectivity index (χ4n) is 1.71. The average molecular weight is 247 g/mol. The first kappa shape index (κ1) is 12.5. The lowest BCUT2D eigenvalue weighted by molar-refractivity contribution is 0.0748. The molecular formula is C10H15ClN2OS. The van der Waals surface area contributed by atoms with Crippen LogP contribution in [-0.4, -0.2) is 37.0 Å². The predicted molar refractivity (Wildman–Crippen MR) is 64.9 cm³/mol. The Kier molecular flexibility index (Phi) is 4.57. The van der Waals surface area contributed by atoms with Gasteiger partial charge in [0, 0.05) is 19.6 Å². The number of thiophene rings is 1. The number of carbonyl (C=O) groups is 1. The van der Waals surface area contributed by atoms with Crippen molar-refractivity contribution in [2.45, 2.75) is 12.5 Å². The lowest BCUT2D eigenvalue weighted by Crippen LogP contribution is -2.37. The number of amides is 1. The number of nitrogens with zero attached hydrogens (tertiary/aromatic N) is 1. The van der Waals surface area contributed by atoms with Gasteiger partial charge in [-0.15, -0.1) is 23.7 Å². The summed E-state index contributed by atoms with van der Waals surface area (Å²) in [4.78, 5) is 14.6. The van der Waals surface area contributed by atoms with E-state index < -0.39 is 0 Å². The van der Waals surface area contributed by atoms with Crippen molar-refractivity contribution in [1.29, 1.82) is 0 Å². The molecule has 15 heavy (non-hydrogen) atoms. The molecular weight excluding hydrogens is 232 g/mol. The standard InChI is InChI=1S/C10H14N2OS.ClH/c1-12(8-4-5-11-7-8)10(13)9-3-2-6-14-9;/h2-3,6,8,11H,4-5,7H2,1H3;1H. The SMILES string of the molecule is CN(C(=O)c1cccs1)C1CCNC1.Cl. The molecule has 1 N–H and O–H groups in total. The first-order valence-corrected chi connectivity index (χ1v) is 5.68. The van der Waals surface area contributed by atoms with E-state index in [9.17, 15) is 4.79 Å². The van der Waals surface area contributed by atoms with Gasteiger partial charge in [-0.1, -0.05) is 6.07 Å². The number of rotatable bonds is 2. The minimum Gasteiger partial charge on any atom is -0.337 e. The maximum atomic E-state index is 11.9. The van der Waals surface area contributed by atoms with E-state index >= 15 is 0 Å². The summed E-state index contributed by atoms with van der Waals surface area (Å²) in [6, 6.07) is 4.16. The van der Waals surface area contributed by atoms with Gasteiger partial charge in [-0.2, -0.15) is 0 Å². The van der Waals surface area contributed by atoms with Crippen LogP contribution in [0.1, 0.15) is 16.1 Å². The molecule has 1 fully saturated rings. The van der Waals surface area contributed by atoms with E-state index in [2.05, 4.69) is 5.32 Å². The maximum absolute atomic E-state index is 11.9. The number of likely N-dealkylation sites (N-methyl/N-ethyl adjacent to an activating group) is 1. The molecule has 0 aliphatic carbocycles. The lowest BCUT2D eigenvalue weighted by Gasteiger charge is -2.22. The fourth-order valence-corrected chi connectivity index (χ4v) is 2.42. The van der Waals surface area contributed by atoms with Crippen LogP contribution in [0.15, 0.2) is 17.5 Å². The third kappa shape index (κ3) is 2.71. The smallest absolute Gasteiger partial charge is 0.263 e. The summed E-state index contributed by atoms with van der Waals surface area (Å²) in [6.45, 7) is 1.94. The summed E-state index contributed by atoms with van der Waals surface area (Å²) in [5.74, 6) is 0.147. The molecule has 0 saturated carbocycles. The summed E-state index contributed by atoms with van der Waals surface area (Å²) < 4.78 is 0. The van der Waals surface area contributed by atoms with E-state index in [0.717, 1.165) is 24.4 Å². The van der Waals surface area contributed by atoms with Crippen LogP contribution in [0.5, 0.6) is 0 Å². The quantitative estimate of drug-likeness (QED) is 0.860. The fraction of sp³-hybridized carbons (Fsp3) is 0.500. The Morgan fingerprint density at radius 1 is 1.67 bits per heavy atom. The van der Waals surface area contributed by atoms with Gasteiger partial charge in [-0.3, -0.25) is 4.79 Å². The van der Waals surface area contributed by atoms with Gasteiger partial charge in [0.05, 0.1) is 4.88 Å². The number of nitrogens with one attached hydrogen (secondary N) is 1. The molecule has 2 heterocycles. The Bertz CT molecular complexity index is 309.